The van der Waals surface area contributed by atoms with Crippen molar-refractivity contribution < 1.29 is 0 Å². The van der Waals surface area contributed by atoms with Gasteiger partial charge >= 0.3 is 0 Å². The van der Waals surface area contributed by atoms with Gasteiger partial charge < -0.3 is 0 Å². The van der Waals surface area contributed by atoms with Crippen LogP contribution < -0.4 is 0 Å². The van der Waals surface area contributed by atoms with Crippen LogP contribution in [-0.4, -0.2) is 0 Å². The first-order valence-corrected chi connectivity index (χ1v) is 3.25. The SMILES string of the molecule is C=CC=CCC=C(C)Cl. The van der Waals surface area contributed by atoms with E-state index in [-0.39, 0.29) is 0 Å². The van der Waals surface area contributed by atoms with E-state index in [0.717, 1.165) is 11.5 Å². The van der Waals surface area contributed by atoms with Crippen molar-refractivity contribution in [1.82, 2.24) is 0 Å². The summed E-state index contributed by atoms with van der Waals surface area (Å²) in [5.74, 6) is 0. The van der Waals surface area contributed by atoms with Crippen LogP contribution in [-0.2, 0) is 0 Å². The smallest absolute Gasteiger partial charge is 0.0113 e. The van der Waals surface area contributed by atoms with Gasteiger partial charge in [-0.15, -0.1) is 0 Å². The quantitative estimate of drug-likeness (QED) is 0.531. The molecule has 0 radical (unpaired) electrons. The van der Waals surface area contributed by atoms with E-state index in [1.54, 1.807) is 6.08 Å². The predicted molar refractivity (Wildman–Crippen MR) is 43.6 cm³/mol. The van der Waals surface area contributed by atoms with E-state index in [4.69, 9.17) is 11.6 Å². The maximum atomic E-state index is 5.56. The summed E-state index contributed by atoms with van der Waals surface area (Å²) in [4.78, 5) is 0. The fourth-order valence-electron chi connectivity index (χ4n) is 0.405. The molecule has 0 atom stereocenters. The van der Waals surface area contributed by atoms with E-state index >= 15 is 0 Å². The maximum absolute atomic E-state index is 5.56. The summed E-state index contributed by atoms with van der Waals surface area (Å²) >= 11 is 5.56. The Hall–Kier alpha value is -0.490. The summed E-state index contributed by atoms with van der Waals surface area (Å²) in [6.45, 7) is 5.40. The van der Waals surface area contributed by atoms with Crippen LogP contribution in [0.1, 0.15) is 13.3 Å². The van der Waals surface area contributed by atoms with Gasteiger partial charge in [0, 0.05) is 5.03 Å². The number of allylic oxidation sites excluding steroid dienone is 5. The topological polar surface area (TPSA) is 0 Å². The lowest BCUT2D eigenvalue weighted by atomic mass is 10.3. The fraction of sp³-hybridized carbons (Fsp3) is 0.250. The first kappa shape index (κ1) is 8.51. The molecule has 0 aliphatic heterocycles. The van der Waals surface area contributed by atoms with Gasteiger partial charge in [0.2, 0.25) is 0 Å². The molecule has 0 amide bonds. The Kier molecular flexibility index (Phi) is 5.34. The Bertz CT molecular complexity index is 128. The second-order valence-corrected chi connectivity index (χ2v) is 2.29. The third-order valence-electron chi connectivity index (χ3n) is 0.807. The highest BCUT2D eigenvalue weighted by Crippen LogP contribution is 1.99. The number of halogens is 1. The van der Waals surface area contributed by atoms with Gasteiger partial charge in [-0.2, -0.15) is 0 Å². The van der Waals surface area contributed by atoms with E-state index in [9.17, 15) is 0 Å². The zero-order chi connectivity index (χ0) is 7.11. The van der Waals surface area contributed by atoms with Crippen LogP contribution in [0.3, 0.4) is 0 Å². The fourth-order valence-corrected chi connectivity index (χ4v) is 0.494. The van der Waals surface area contributed by atoms with E-state index in [1.807, 2.05) is 25.2 Å². The highest BCUT2D eigenvalue weighted by Gasteiger charge is 1.74. The van der Waals surface area contributed by atoms with Crippen LogP contribution in [0.5, 0.6) is 0 Å². The summed E-state index contributed by atoms with van der Waals surface area (Å²) in [5, 5.41) is 0.837. The van der Waals surface area contributed by atoms with Crippen molar-refractivity contribution in [2.45, 2.75) is 13.3 Å². The molecule has 0 aromatic carbocycles. The molecule has 50 valence electrons. The Morgan fingerprint density at radius 1 is 1.67 bits per heavy atom. The molecule has 0 aromatic rings. The third kappa shape index (κ3) is 7.51. The molecule has 1 heteroatoms. The van der Waals surface area contributed by atoms with E-state index in [2.05, 4.69) is 6.58 Å². The van der Waals surface area contributed by atoms with Crippen LogP contribution in [0.2, 0.25) is 0 Å². The van der Waals surface area contributed by atoms with Crippen molar-refractivity contribution in [2.24, 2.45) is 0 Å². The summed E-state index contributed by atoms with van der Waals surface area (Å²) in [5.41, 5.74) is 0. The maximum Gasteiger partial charge on any atom is 0.0113 e. The van der Waals surface area contributed by atoms with Crippen molar-refractivity contribution >= 4 is 11.6 Å². The van der Waals surface area contributed by atoms with E-state index in [0.29, 0.717) is 0 Å². The van der Waals surface area contributed by atoms with Crippen molar-refractivity contribution in [2.75, 3.05) is 0 Å². The largest absolute Gasteiger partial charge is 0.0991 e. The number of rotatable bonds is 3. The summed E-state index contributed by atoms with van der Waals surface area (Å²) in [6.07, 6.45) is 8.48. The number of hydrogen-bond donors (Lipinski definition) is 0. The molecule has 0 aliphatic rings. The average molecular weight is 143 g/mol. The second-order valence-electron chi connectivity index (χ2n) is 1.69. The van der Waals surface area contributed by atoms with Crippen LogP contribution in [0.15, 0.2) is 35.9 Å². The lowest BCUT2D eigenvalue weighted by Crippen LogP contribution is -1.59. The molecule has 0 saturated carbocycles. The number of hydrogen-bond acceptors (Lipinski definition) is 0. The lowest BCUT2D eigenvalue weighted by molar-refractivity contribution is 1.36. The van der Waals surface area contributed by atoms with Gasteiger partial charge in [-0.3, -0.25) is 0 Å². The Labute approximate surface area is 61.5 Å². The van der Waals surface area contributed by atoms with Crippen LogP contribution in [0.4, 0.5) is 0 Å². The minimum atomic E-state index is 0.837. The van der Waals surface area contributed by atoms with Gasteiger partial charge in [0.1, 0.15) is 0 Å². The average Bonchev–Trinajstić information content (AvgIpc) is 1.80. The molecule has 0 nitrogen and oxygen atoms in total. The summed E-state index contributed by atoms with van der Waals surface area (Å²) < 4.78 is 0. The monoisotopic (exact) mass is 142 g/mol. The van der Waals surface area contributed by atoms with Gasteiger partial charge in [0.05, 0.1) is 0 Å². The van der Waals surface area contributed by atoms with Crippen molar-refractivity contribution in [1.29, 1.82) is 0 Å². The summed E-state index contributed by atoms with van der Waals surface area (Å²) in [6, 6.07) is 0. The van der Waals surface area contributed by atoms with E-state index in [1.165, 1.54) is 0 Å². The standard InChI is InChI=1S/C8H11Cl/c1-3-4-5-6-7-8(2)9/h3-5,7H,1,6H2,2H3. The molecule has 0 fully saturated rings. The van der Waals surface area contributed by atoms with Crippen molar-refractivity contribution in [3.8, 4) is 0 Å². The second kappa shape index (κ2) is 5.64. The third-order valence-corrected chi connectivity index (χ3v) is 0.962. The molecule has 0 aromatic heterocycles. The molecule has 0 heterocycles. The van der Waals surface area contributed by atoms with Gasteiger partial charge in [-0.25, -0.2) is 0 Å². The molecule has 0 unspecified atom stereocenters. The Morgan fingerprint density at radius 3 is 2.78 bits per heavy atom. The minimum Gasteiger partial charge on any atom is -0.0991 e. The zero-order valence-electron chi connectivity index (χ0n) is 5.60. The highest BCUT2D eigenvalue weighted by atomic mass is 35.5. The first-order valence-electron chi connectivity index (χ1n) is 2.87. The Morgan fingerprint density at radius 2 is 2.33 bits per heavy atom. The van der Waals surface area contributed by atoms with Crippen LogP contribution >= 0.6 is 11.6 Å². The van der Waals surface area contributed by atoms with Crippen molar-refractivity contribution in [3.05, 3.63) is 35.9 Å². The van der Waals surface area contributed by atoms with Crippen LogP contribution in [0.25, 0.3) is 0 Å². The van der Waals surface area contributed by atoms with Crippen molar-refractivity contribution in [3.63, 3.8) is 0 Å². The highest BCUT2D eigenvalue weighted by molar-refractivity contribution is 6.29. The van der Waals surface area contributed by atoms with Gasteiger partial charge in [-0.1, -0.05) is 42.5 Å². The molecule has 0 rings (SSSR count). The molecule has 0 spiro atoms. The molecular formula is C8H11Cl. The van der Waals surface area contributed by atoms with Gasteiger partial charge in [0.25, 0.3) is 0 Å². The van der Waals surface area contributed by atoms with E-state index < -0.39 is 0 Å². The molecule has 0 bridgehead atoms. The summed E-state index contributed by atoms with van der Waals surface area (Å²) in [7, 11) is 0. The Balaban J connectivity index is 3.40. The first-order chi connectivity index (χ1) is 4.27. The molecule has 9 heavy (non-hydrogen) atoms. The lowest BCUT2D eigenvalue weighted by Gasteiger charge is -1.81. The van der Waals surface area contributed by atoms with Crippen LogP contribution in [0, 0.1) is 0 Å². The molecule has 0 aliphatic carbocycles. The molecule has 0 N–H and O–H groups in total. The molecular weight excluding hydrogens is 132 g/mol. The normalized spacial score (nSPS) is 12.4. The van der Waals surface area contributed by atoms with Gasteiger partial charge in [-0.05, 0) is 13.3 Å². The predicted octanol–water partition coefficient (Wildman–Crippen LogP) is 3.26. The van der Waals surface area contributed by atoms with Gasteiger partial charge in [0.15, 0.2) is 0 Å². The molecule has 0 saturated heterocycles. The zero-order valence-corrected chi connectivity index (χ0v) is 6.36. The minimum absolute atomic E-state index is 0.837.